The predicted octanol–water partition coefficient (Wildman–Crippen LogP) is 1.82. The molecule has 9 heteroatoms. The number of carboxylic acid groups (broad SMARTS) is 2. The number of carbonyl (C=O) groups is 3. The molecule has 0 aromatic heterocycles. The van der Waals surface area contributed by atoms with Crippen LogP contribution in [0.5, 0.6) is 0 Å². The van der Waals surface area contributed by atoms with Crippen molar-refractivity contribution in [1.82, 2.24) is 0 Å². The Morgan fingerprint density at radius 2 is 1.48 bits per heavy atom. The molecule has 0 amide bonds. The van der Waals surface area contributed by atoms with Gasteiger partial charge in [-0.05, 0) is 6.42 Å². The largest absolute Gasteiger partial charge is 0.473 e. The van der Waals surface area contributed by atoms with Gasteiger partial charge < -0.3 is 15.9 Å². The van der Waals surface area contributed by atoms with Gasteiger partial charge in [-0.15, -0.1) is 0 Å². The van der Waals surface area contributed by atoms with Crippen molar-refractivity contribution in [2.24, 2.45) is 11.1 Å². The van der Waals surface area contributed by atoms with Crippen LogP contribution in [0.3, 0.4) is 0 Å². The normalized spacial score (nSPS) is 12.9. The van der Waals surface area contributed by atoms with Gasteiger partial charge in [0, 0.05) is 17.9 Å². The van der Waals surface area contributed by atoms with E-state index in [-0.39, 0.29) is 12.5 Å². The van der Waals surface area contributed by atoms with Crippen LogP contribution < -0.4 is 5.73 Å². The lowest BCUT2D eigenvalue weighted by atomic mass is 9.81. The molecular weight excluding hydrogens is 295 g/mol. The van der Waals surface area contributed by atoms with Crippen LogP contribution >= 0.6 is 0 Å². The first-order chi connectivity index (χ1) is 9.23. The molecule has 0 aliphatic carbocycles. The number of halogens is 3. The predicted molar refractivity (Wildman–Crippen MR) is 67.6 cm³/mol. The molecule has 4 N–H and O–H groups in total. The number of Topliss-reactive ketones (excluding diaryl/α,β-unsaturated/α-hetero) is 1. The summed E-state index contributed by atoms with van der Waals surface area (Å²) in [7, 11) is 0. The molecule has 0 aromatic rings. The lowest BCUT2D eigenvalue weighted by Gasteiger charge is -2.25. The Balaban J connectivity index is 0. The molecule has 0 spiro atoms. The van der Waals surface area contributed by atoms with E-state index >= 15 is 0 Å². The fraction of sp³-hybridized carbons (Fsp3) is 0.750. The lowest BCUT2D eigenvalue weighted by Crippen LogP contribution is -2.34. The Bertz CT molecular complexity index is 368. The smallest absolute Gasteiger partial charge is 0.414 e. The van der Waals surface area contributed by atoms with E-state index in [4.69, 9.17) is 25.5 Å². The molecule has 124 valence electrons. The van der Waals surface area contributed by atoms with Crippen LogP contribution in [0.25, 0.3) is 0 Å². The number of hydrogen-bond donors (Lipinski definition) is 3. The average Bonchev–Trinajstić information content (AvgIpc) is 2.26. The van der Waals surface area contributed by atoms with Gasteiger partial charge in [-0.25, -0.2) is 9.59 Å². The number of aliphatic carboxylic acids is 2. The van der Waals surface area contributed by atoms with Gasteiger partial charge >= 0.3 is 18.1 Å². The van der Waals surface area contributed by atoms with E-state index in [1.54, 1.807) is 6.92 Å². The summed E-state index contributed by atoms with van der Waals surface area (Å²) in [6.45, 7) is 4.42. The molecule has 21 heavy (non-hydrogen) atoms. The van der Waals surface area contributed by atoms with Crippen molar-refractivity contribution in [2.45, 2.75) is 52.3 Å². The molecule has 0 bridgehead atoms. The van der Waals surface area contributed by atoms with Gasteiger partial charge in [0.05, 0.1) is 6.42 Å². The third-order valence-electron chi connectivity index (χ3n) is 2.55. The highest BCUT2D eigenvalue weighted by Crippen LogP contribution is 2.34. The zero-order valence-corrected chi connectivity index (χ0v) is 12.0. The Morgan fingerprint density at radius 3 is 1.71 bits per heavy atom. The fourth-order valence-corrected chi connectivity index (χ4v) is 1.26. The summed E-state index contributed by atoms with van der Waals surface area (Å²) in [4.78, 5) is 29.7. The maximum Gasteiger partial charge on any atom is 0.414 e. The molecule has 0 fully saturated rings. The van der Waals surface area contributed by atoms with Crippen molar-refractivity contribution >= 4 is 17.7 Å². The minimum absolute atomic E-state index is 0.0135. The monoisotopic (exact) mass is 315 g/mol. The summed E-state index contributed by atoms with van der Waals surface area (Å²) in [6, 6.07) is -0.343. The van der Waals surface area contributed by atoms with Crippen LogP contribution in [-0.2, 0) is 14.4 Å². The molecule has 0 aromatic carbocycles. The molecule has 0 aliphatic rings. The zero-order valence-electron chi connectivity index (χ0n) is 12.0. The van der Waals surface area contributed by atoms with Gasteiger partial charge in [0.15, 0.2) is 0 Å². The highest BCUT2D eigenvalue weighted by atomic mass is 19.4. The molecule has 1 unspecified atom stereocenters. The van der Waals surface area contributed by atoms with Crippen molar-refractivity contribution in [3.8, 4) is 0 Å². The van der Waals surface area contributed by atoms with E-state index in [0.717, 1.165) is 0 Å². The molecular formula is C12H20F3NO5. The second kappa shape index (κ2) is 8.60. The minimum Gasteiger partial charge on any atom is -0.473 e. The topological polar surface area (TPSA) is 118 Å². The van der Waals surface area contributed by atoms with Gasteiger partial charge in [0.2, 0.25) is 0 Å². The molecule has 0 rings (SSSR count). The first kappa shape index (κ1) is 21.7. The number of nitrogens with two attached hydrogens (primary N) is 1. The molecule has 0 radical (unpaired) electrons. The first-order valence-corrected chi connectivity index (χ1v) is 6.04. The molecule has 0 aliphatic heterocycles. The van der Waals surface area contributed by atoms with Gasteiger partial charge in [0.25, 0.3) is 0 Å². The van der Waals surface area contributed by atoms with Crippen LogP contribution in [0.1, 0.15) is 40.0 Å². The van der Waals surface area contributed by atoms with Crippen LogP contribution in [-0.4, -0.2) is 40.2 Å². The van der Waals surface area contributed by atoms with Gasteiger partial charge in [-0.3, -0.25) is 4.79 Å². The summed E-state index contributed by atoms with van der Waals surface area (Å²) in [5.41, 5.74) is 4.16. The van der Waals surface area contributed by atoms with Crippen molar-refractivity contribution in [3.63, 3.8) is 0 Å². The molecule has 0 saturated carbocycles. The third-order valence-corrected chi connectivity index (χ3v) is 2.55. The second-order valence-corrected chi connectivity index (χ2v) is 5.08. The van der Waals surface area contributed by atoms with Crippen molar-refractivity contribution in [1.29, 1.82) is 0 Å². The highest BCUT2D eigenvalue weighted by Gasteiger charge is 2.40. The molecule has 0 heterocycles. The summed E-state index contributed by atoms with van der Waals surface area (Å²) < 4.78 is 36.4. The van der Waals surface area contributed by atoms with Crippen molar-refractivity contribution in [2.75, 3.05) is 0 Å². The van der Waals surface area contributed by atoms with Crippen molar-refractivity contribution in [3.05, 3.63) is 0 Å². The number of carbonyl (C=O) groups excluding carboxylic acids is 1. The number of rotatable bonds is 5. The van der Waals surface area contributed by atoms with Gasteiger partial charge in [-0.1, -0.05) is 20.8 Å². The summed E-state index contributed by atoms with van der Waals surface area (Å²) >= 11 is 0. The second-order valence-electron chi connectivity index (χ2n) is 5.08. The maximum atomic E-state index is 12.1. The van der Waals surface area contributed by atoms with Crippen LogP contribution in [0.4, 0.5) is 13.2 Å². The van der Waals surface area contributed by atoms with Crippen molar-refractivity contribution < 1.29 is 37.8 Å². The van der Waals surface area contributed by atoms with E-state index in [2.05, 4.69) is 0 Å². The van der Waals surface area contributed by atoms with E-state index in [1.807, 2.05) is 0 Å². The van der Waals surface area contributed by atoms with Crippen LogP contribution in [0.15, 0.2) is 0 Å². The SMILES string of the molecule is CCC(N)CC(=O)C(C)(C)CC(F)(F)F.O=C(O)C(=O)O. The molecule has 1 atom stereocenters. The van der Waals surface area contributed by atoms with E-state index in [0.29, 0.717) is 6.42 Å². The lowest BCUT2D eigenvalue weighted by molar-refractivity contribution is -0.163. The summed E-state index contributed by atoms with van der Waals surface area (Å²) in [5, 5.41) is 14.8. The van der Waals surface area contributed by atoms with E-state index in [9.17, 15) is 18.0 Å². The standard InChI is InChI=1S/C10H18F3NO.C2H2O4/c1-4-7(14)5-8(15)9(2,3)6-10(11,12)13;3-1(4)2(5)6/h7H,4-6,14H2,1-3H3;(H,3,4)(H,5,6). The van der Waals surface area contributed by atoms with Crippen LogP contribution in [0.2, 0.25) is 0 Å². The van der Waals surface area contributed by atoms with Crippen LogP contribution in [0, 0.1) is 5.41 Å². The Hall–Kier alpha value is -1.64. The van der Waals surface area contributed by atoms with Gasteiger partial charge in [0.1, 0.15) is 5.78 Å². The number of carboxylic acids is 2. The number of ketones is 1. The highest BCUT2D eigenvalue weighted by molar-refractivity contribution is 6.27. The molecule has 6 nitrogen and oxygen atoms in total. The Morgan fingerprint density at radius 1 is 1.10 bits per heavy atom. The number of hydrogen-bond acceptors (Lipinski definition) is 4. The zero-order chi connectivity index (χ0) is 17.4. The Kier molecular flexibility index (Phi) is 8.87. The minimum atomic E-state index is -4.31. The molecule has 0 saturated heterocycles. The fourth-order valence-electron chi connectivity index (χ4n) is 1.26. The number of alkyl halides is 3. The average molecular weight is 315 g/mol. The van der Waals surface area contributed by atoms with E-state index in [1.165, 1.54) is 13.8 Å². The summed E-state index contributed by atoms with van der Waals surface area (Å²) in [5.74, 6) is -4.07. The first-order valence-electron chi connectivity index (χ1n) is 6.04. The van der Waals surface area contributed by atoms with E-state index < -0.39 is 35.7 Å². The quantitative estimate of drug-likeness (QED) is 0.666. The maximum absolute atomic E-state index is 12.1. The third kappa shape index (κ3) is 11.9. The Labute approximate surface area is 120 Å². The summed E-state index contributed by atoms with van der Waals surface area (Å²) in [6.07, 6.45) is -4.79. The van der Waals surface area contributed by atoms with Gasteiger partial charge in [-0.2, -0.15) is 13.2 Å².